The fourth-order valence-corrected chi connectivity index (χ4v) is 2.17. The molecule has 0 unspecified atom stereocenters. The van der Waals surface area contributed by atoms with E-state index in [9.17, 15) is 15.2 Å². The van der Waals surface area contributed by atoms with Crippen molar-refractivity contribution in [1.29, 1.82) is 0 Å². The van der Waals surface area contributed by atoms with Crippen molar-refractivity contribution in [2.75, 3.05) is 0 Å². The molecule has 0 spiro atoms. The van der Waals surface area contributed by atoms with Gasteiger partial charge in [-0.05, 0) is 23.0 Å². The smallest absolute Gasteiger partial charge is 0.336 e. The summed E-state index contributed by atoms with van der Waals surface area (Å²) in [6.45, 7) is 11.5. The molecule has 6 N–H and O–H groups in total. The number of nitro groups is 1. The molecule has 0 aromatic rings. The molecule has 0 saturated heterocycles. The molecule has 0 aromatic carbocycles. The van der Waals surface area contributed by atoms with Crippen molar-refractivity contribution in [2.24, 2.45) is 22.3 Å². The van der Waals surface area contributed by atoms with Gasteiger partial charge in [-0.1, -0.05) is 58.8 Å². The summed E-state index contributed by atoms with van der Waals surface area (Å²) >= 11 is 0. The van der Waals surface area contributed by atoms with Crippen LogP contribution in [0.5, 0.6) is 0 Å². The van der Waals surface area contributed by atoms with Crippen molar-refractivity contribution in [3.05, 3.63) is 33.4 Å². The minimum atomic E-state index is -0.971. The number of hydrogen-bond donors (Lipinski definition) is 3. The molecule has 0 saturated carbocycles. The monoisotopic (exact) mass is 312 g/mol. The van der Waals surface area contributed by atoms with Gasteiger partial charge in [0.2, 0.25) is 6.04 Å². The van der Waals surface area contributed by atoms with Gasteiger partial charge in [0.25, 0.3) is 0 Å². The second kappa shape index (κ2) is 6.91. The van der Waals surface area contributed by atoms with Crippen LogP contribution in [0.3, 0.4) is 0 Å². The average Bonchev–Trinajstić information content (AvgIpc) is 2.24. The van der Waals surface area contributed by atoms with Gasteiger partial charge in [-0.25, -0.2) is 0 Å². The Hall–Kier alpha value is -1.89. The Labute approximate surface area is 131 Å². The second-order valence-corrected chi connectivity index (χ2v) is 7.40. The first-order valence-electron chi connectivity index (χ1n) is 7.05. The van der Waals surface area contributed by atoms with Gasteiger partial charge in [0, 0.05) is 4.92 Å². The molecule has 1 aliphatic rings. The molecule has 0 heterocycles. The lowest BCUT2D eigenvalue weighted by molar-refractivity contribution is -0.498. The number of hydrogen-bond acceptors (Lipinski definition) is 3. The maximum absolute atomic E-state index is 12.5. The molecule has 0 amide bonds. The Kier molecular flexibility index (Phi) is 6.32. The van der Waals surface area contributed by atoms with Crippen LogP contribution < -0.4 is 22.0 Å². The van der Waals surface area contributed by atoms with Gasteiger partial charge in [0.1, 0.15) is 0 Å². The summed E-state index contributed by atoms with van der Waals surface area (Å²) in [6.07, 6.45) is 2.07. The van der Waals surface area contributed by atoms with Gasteiger partial charge in [0.15, 0.2) is 0 Å². The molecule has 0 aromatic heterocycles. The molecule has 126 valence electrons. The lowest BCUT2D eigenvalue weighted by Crippen LogP contribution is -2.51. The maximum atomic E-state index is 12.5. The van der Waals surface area contributed by atoms with Crippen LogP contribution >= 0.6 is 0 Å². The first-order valence-corrected chi connectivity index (χ1v) is 7.05. The van der Waals surface area contributed by atoms with E-state index in [0.29, 0.717) is 11.1 Å². The molecular formula is C15H28N4O3. The van der Waals surface area contributed by atoms with E-state index in [0.717, 1.165) is 0 Å². The Morgan fingerprint density at radius 2 is 1.36 bits per heavy atom. The Balaban J connectivity index is 0.000000980. The van der Waals surface area contributed by atoms with Gasteiger partial charge in [-0.2, -0.15) is 0 Å². The minimum absolute atomic E-state index is 0.0833. The van der Waals surface area contributed by atoms with Crippen molar-refractivity contribution in [3.8, 4) is 0 Å². The Morgan fingerprint density at radius 3 is 1.55 bits per heavy atom. The predicted molar refractivity (Wildman–Crippen MR) is 85.0 cm³/mol. The van der Waals surface area contributed by atoms with Gasteiger partial charge >= 0.3 is 5.96 Å². The predicted octanol–water partition coefficient (Wildman–Crippen LogP) is -0.662. The largest absolute Gasteiger partial charge is 0.846 e. The van der Waals surface area contributed by atoms with Crippen molar-refractivity contribution < 1.29 is 15.4 Å². The van der Waals surface area contributed by atoms with Crippen LogP contribution in [-0.4, -0.2) is 23.0 Å². The first kappa shape index (κ1) is 20.1. The van der Waals surface area contributed by atoms with E-state index < -0.39 is 12.1 Å². The number of nitrogens with two attached hydrogens (primary N) is 3. The van der Waals surface area contributed by atoms with E-state index in [1.165, 1.54) is 12.2 Å². The summed E-state index contributed by atoms with van der Waals surface area (Å²) < 4.78 is 0. The molecule has 1 aliphatic carbocycles. The standard InChI is InChI=1S/C14H22NO3.CH5N3/c1-13(2,3)10-7-9(15(17)18)8-11(12(10)16)14(4,5)6;2-1(3)4/h7-9,12H,1-6H3;(H5,2,3,4)/q-1;/p+1. The molecule has 7 nitrogen and oxygen atoms in total. The Bertz CT molecular complexity index is 460. The van der Waals surface area contributed by atoms with Gasteiger partial charge in [-0.15, -0.1) is 0 Å². The summed E-state index contributed by atoms with van der Waals surface area (Å²) in [5.74, 6) is -0.0833. The number of nitrogens with zero attached hydrogens (tertiary/aromatic N) is 1. The summed E-state index contributed by atoms with van der Waals surface area (Å²) in [7, 11) is 0. The van der Waals surface area contributed by atoms with Crippen LogP contribution in [0.2, 0.25) is 0 Å². The fraction of sp³-hybridized carbons (Fsp3) is 0.667. The van der Waals surface area contributed by atoms with Crippen molar-refractivity contribution >= 4 is 5.96 Å². The van der Waals surface area contributed by atoms with Crippen LogP contribution in [0.1, 0.15) is 41.5 Å². The topological polar surface area (TPSA) is 144 Å². The molecule has 0 atom stereocenters. The van der Waals surface area contributed by atoms with E-state index in [1.54, 1.807) is 0 Å². The van der Waals surface area contributed by atoms with Crippen molar-refractivity contribution in [1.82, 2.24) is 0 Å². The van der Waals surface area contributed by atoms with E-state index in [-0.39, 0.29) is 21.7 Å². The molecule has 22 heavy (non-hydrogen) atoms. The highest BCUT2D eigenvalue weighted by Crippen LogP contribution is 2.39. The third-order valence-corrected chi connectivity index (χ3v) is 3.24. The fourth-order valence-electron chi connectivity index (χ4n) is 2.17. The van der Waals surface area contributed by atoms with E-state index in [2.05, 4.69) is 16.9 Å². The zero-order valence-electron chi connectivity index (χ0n) is 14.2. The summed E-state index contributed by atoms with van der Waals surface area (Å²) in [4.78, 5) is 10.7. The van der Waals surface area contributed by atoms with Crippen LogP contribution in [-0.2, 0) is 0 Å². The van der Waals surface area contributed by atoms with E-state index in [1.807, 2.05) is 41.5 Å². The molecule has 0 aliphatic heterocycles. The molecular weight excluding hydrogens is 284 g/mol. The average molecular weight is 312 g/mol. The molecule has 1 rings (SSSR count). The zero-order valence-corrected chi connectivity index (χ0v) is 14.2. The van der Waals surface area contributed by atoms with Gasteiger partial charge < -0.3 is 5.11 Å². The maximum Gasteiger partial charge on any atom is 0.336 e. The highest BCUT2D eigenvalue weighted by molar-refractivity contribution is 5.68. The lowest BCUT2D eigenvalue weighted by Gasteiger charge is -2.43. The number of guanidine groups is 1. The number of rotatable bonds is 1. The van der Waals surface area contributed by atoms with E-state index >= 15 is 0 Å². The third-order valence-electron chi connectivity index (χ3n) is 3.24. The lowest BCUT2D eigenvalue weighted by atomic mass is 9.71. The SMILES string of the molecule is CC(C)(C)C1=CC([N+](=O)[O-])C=C(C(C)(C)C)C1[O-].NC(N)=[NH2+]. The minimum Gasteiger partial charge on any atom is -0.846 e. The van der Waals surface area contributed by atoms with Gasteiger partial charge in [-0.3, -0.25) is 27.0 Å². The van der Waals surface area contributed by atoms with Crippen LogP contribution in [0.25, 0.3) is 0 Å². The highest BCUT2D eigenvalue weighted by Gasteiger charge is 2.33. The summed E-state index contributed by atoms with van der Waals surface area (Å²) in [5.41, 5.74) is 9.73. The van der Waals surface area contributed by atoms with E-state index in [4.69, 9.17) is 0 Å². The van der Waals surface area contributed by atoms with Crippen molar-refractivity contribution in [3.63, 3.8) is 0 Å². The highest BCUT2D eigenvalue weighted by atomic mass is 16.6. The van der Waals surface area contributed by atoms with Gasteiger partial charge in [0.05, 0.1) is 0 Å². The Morgan fingerprint density at radius 1 is 1.09 bits per heavy atom. The molecule has 7 heteroatoms. The molecule has 0 fully saturated rings. The summed E-state index contributed by atoms with van der Waals surface area (Å²) in [5, 5.41) is 28.1. The quantitative estimate of drug-likeness (QED) is 0.193. The first-order chi connectivity index (χ1) is 9.67. The zero-order chi connectivity index (χ0) is 17.9. The normalized spacial score (nSPS) is 22.0. The summed E-state index contributed by atoms with van der Waals surface area (Å²) in [6, 6.07) is -0.876. The second-order valence-electron chi connectivity index (χ2n) is 7.40. The van der Waals surface area contributed by atoms with Crippen molar-refractivity contribution in [2.45, 2.75) is 53.7 Å². The van der Waals surface area contributed by atoms with Crippen LogP contribution in [0.15, 0.2) is 23.3 Å². The molecule has 0 radical (unpaired) electrons. The van der Waals surface area contributed by atoms with Crippen LogP contribution in [0.4, 0.5) is 0 Å². The third kappa shape index (κ3) is 5.85. The molecule has 0 bridgehead atoms. The van der Waals surface area contributed by atoms with Crippen LogP contribution in [0, 0.1) is 20.9 Å².